The van der Waals surface area contributed by atoms with Crippen LogP contribution in [-0.2, 0) is 12.0 Å². The van der Waals surface area contributed by atoms with E-state index in [2.05, 4.69) is 15.1 Å². The van der Waals surface area contributed by atoms with Crippen LogP contribution in [-0.4, -0.2) is 15.1 Å². The van der Waals surface area contributed by atoms with Gasteiger partial charge in [-0.25, -0.2) is 4.98 Å². The van der Waals surface area contributed by atoms with Crippen molar-refractivity contribution in [3.63, 3.8) is 0 Å². The molecule has 0 aliphatic heterocycles. The van der Waals surface area contributed by atoms with Crippen LogP contribution in [0.1, 0.15) is 31.6 Å². The summed E-state index contributed by atoms with van der Waals surface area (Å²) in [6.07, 6.45) is 0. The Morgan fingerprint density at radius 2 is 2.06 bits per heavy atom. The summed E-state index contributed by atoms with van der Waals surface area (Å²) in [5, 5.41) is 6.69. The van der Waals surface area contributed by atoms with E-state index in [4.69, 9.17) is 10.3 Å². The number of nitrogens with zero attached hydrogens (tertiary/aromatic N) is 3. The largest absolute Gasteiger partial charge is 0.332 e. The van der Waals surface area contributed by atoms with E-state index in [0.717, 1.165) is 5.01 Å². The van der Waals surface area contributed by atoms with E-state index in [1.165, 1.54) is 11.3 Å². The van der Waals surface area contributed by atoms with E-state index in [0.29, 0.717) is 24.0 Å². The smallest absolute Gasteiger partial charge is 0.277 e. The molecule has 2 aromatic heterocycles. The highest BCUT2D eigenvalue weighted by Crippen LogP contribution is 2.24. The molecular formula is C10H15ClN4OS. The van der Waals surface area contributed by atoms with Crippen LogP contribution < -0.4 is 5.73 Å². The van der Waals surface area contributed by atoms with E-state index >= 15 is 0 Å². The lowest BCUT2D eigenvalue weighted by Gasteiger charge is -2.10. The van der Waals surface area contributed by atoms with Crippen molar-refractivity contribution in [3.05, 3.63) is 16.2 Å². The molecule has 17 heavy (non-hydrogen) atoms. The van der Waals surface area contributed by atoms with E-state index < -0.39 is 0 Å². The molecule has 0 saturated heterocycles. The Kier molecular flexibility index (Phi) is 4.24. The molecule has 0 bridgehead atoms. The Labute approximate surface area is 110 Å². The average Bonchev–Trinajstić information content (AvgIpc) is 2.85. The highest BCUT2D eigenvalue weighted by atomic mass is 35.5. The molecule has 0 atom stereocenters. The summed E-state index contributed by atoms with van der Waals surface area (Å²) in [7, 11) is 0. The van der Waals surface area contributed by atoms with Crippen molar-refractivity contribution in [2.45, 2.75) is 32.7 Å². The van der Waals surface area contributed by atoms with E-state index in [1.807, 2.05) is 26.2 Å². The maximum absolute atomic E-state index is 5.50. The molecule has 0 saturated carbocycles. The van der Waals surface area contributed by atoms with Crippen molar-refractivity contribution >= 4 is 23.7 Å². The summed E-state index contributed by atoms with van der Waals surface area (Å²) in [4.78, 5) is 8.62. The van der Waals surface area contributed by atoms with Crippen molar-refractivity contribution < 1.29 is 4.52 Å². The molecule has 2 aromatic rings. The number of aromatic nitrogens is 3. The van der Waals surface area contributed by atoms with Gasteiger partial charge in [-0.2, -0.15) is 4.98 Å². The van der Waals surface area contributed by atoms with Gasteiger partial charge in [0.15, 0.2) is 5.82 Å². The van der Waals surface area contributed by atoms with E-state index in [1.54, 1.807) is 0 Å². The van der Waals surface area contributed by atoms with Crippen LogP contribution in [0.25, 0.3) is 11.6 Å². The highest BCUT2D eigenvalue weighted by molar-refractivity contribution is 7.09. The van der Waals surface area contributed by atoms with Gasteiger partial charge in [0.1, 0.15) is 10.7 Å². The van der Waals surface area contributed by atoms with Gasteiger partial charge in [0, 0.05) is 17.3 Å². The third-order valence-electron chi connectivity index (χ3n) is 2.04. The quantitative estimate of drug-likeness (QED) is 0.910. The molecule has 0 amide bonds. The number of thiazole rings is 1. The molecule has 0 aromatic carbocycles. The minimum Gasteiger partial charge on any atom is -0.332 e. The fourth-order valence-corrected chi connectivity index (χ4v) is 1.78. The Balaban J connectivity index is 0.00000144. The van der Waals surface area contributed by atoms with Crippen LogP contribution in [0.3, 0.4) is 0 Å². The molecule has 2 N–H and O–H groups in total. The van der Waals surface area contributed by atoms with Crippen LogP contribution in [0.2, 0.25) is 0 Å². The number of hydrogen-bond donors (Lipinski definition) is 1. The molecule has 0 radical (unpaired) electrons. The molecule has 2 heterocycles. The van der Waals surface area contributed by atoms with Gasteiger partial charge >= 0.3 is 0 Å². The lowest BCUT2D eigenvalue weighted by Crippen LogP contribution is -2.13. The zero-order valence-corrected chi connectivity index (χ0v) is 11.6. The predicted octanol–water partition coefficient (Wildman–Crippen LogP) is 2.37. The van der Waals surface area contributed by atoms with Gasteiger partial charge in [-0.15, -0.1) is 23.7 Å². The Morgan fingerprint density at radius 3 is 2.53 bits per heavy atom. The number of hydrogen-bond acceptors (Lipinski definition) is 6. The molecule has 5 nitrogen and oxygen atoms in total. The standard InChI is InChI=1S/C10H14N4OS.ClH/c1-10(2,3)9-13-8(15-14-9)6-5-16-7(4-11)12-6;/h5H,4,11H2,1-3H3;1H. The monoisotopic (exact) mass is 274 g/mol. The van der Waals surface area contributed by atoms with Crippen LogP contribution in [0.4, 0.5) is 0 Å². The molecule has 94 valence electrons. The van der Waals surface area contributed by atoms with Gasteiger partial charge in [0.25, 0.3) is 5.89 Å². The van der Waals surface area contributed by atoms with Gasteiger partial charge in [-0.1, -0.05) is 25.9 Å². The first-order valence-electron chi connectivity index (χ1n) is 5.00. The second-order valence-electron chi connectivity index (χ2n) is 4.50. The van der Waals surface area contributed by atoms with E-state index in [-0.39, 0.29) is 17.8 Å². The zero-order valence-electron chi connectivity index (χ0n) is 9.93. The number of nitrogens with two attached hydrogens (primary N) is 1. The van der Waals surface area contributed by atoms with Gasteiger partial charge < -0.3 is 10.3 Å². The molecule has 2 rings (SSSR count). The summed E-state index contributed by atoms with van der Waals surface area (Å²) < 4.78 is 5.18. The SMILES string of the molecule is CC(C)(C)c1noc(-c2csc(CN)n2)n1.Cl. The normalized spacial score (nSPS) is 11.3. The maximum Gasteiger partial charge on any atom is 0.277 e. The fourth-order valence-electron chi connectivity index (χ4n) is 1.14. The first-order valence-corrected chi connectivity index (χ1v) is 5.87. The maximum atomic E-state index is 5.50. The van der Waals surface area contributed by atoms with Crippen molar-refractivity contribution in [2.24, 2.45) is 5.73 Å². The molecule has 0 fully saturated rings. The van der Waals surface area contributed by atoms with Crippen molar-refractivity contribution in [3.8, 4) is 11.6 Å². The topological polar surface area (TPSA) is 77.8 Å². The van der Waals surface area contributed by atoms with Gasteiger partial charge in [0.05, 0.1) is 0 Å². The second kappa shape index (κ2) is 5.12. The molecule has 0 spiro atoms. The molecule has 7 heteroatoms. The predicted molar refractivity (Wildman–Crippen MR) is 69.2 cm³/mol. The van der Waals surface area contributed by atoms with Crippen LogP contribution in [0.15, 0.2) is 9.90 Å². The van der Waals surface area contributed by atoms with Crippen LogP contribution >= 0.6 is 23.7 Å². The van der Waals surface area contributed by atoms with Crippen LogP contribution in [0, 0.1) is 0 Å². The van der Waals surface area contributed by atoms with Gasteiger partial charge in [-0.05, 0) is 0 Å². The minimum atomic E-state index is -0.117. The lowest BCUT2D eigenvalue weighted by atomic mass is 9.96. The number of halogens is 1. The average molecular weight is 275 g/mol. The molecule has 0 aliphatic rings. The minimum absolute atomic E-state index is 0. The summed E-state index contributed by atoms with van der Waals surface area (Å²) in [6, 6.07) is 0. The summed E-state index contributed by atoms with van der Waals surface area (Å²) in [5.41, 5.74) is 6.08. The van der Waals surface area contributed by atoms with Crippen molar-refractivity contribution in [1.82, 2.24) is 15.1 Å². The third-order valence-corrected chi connectivity index (χ3v) is 2.91. The van der Waals surface area contributed by atoms with E-state index in [9.17, 15) is 0 Å². The first-order chi connectivity index (χ1) is 7.50. The fraction of sp³-hybridized carbons (Fsp3) is 0.500. The van der Waals surface area contributed by atoms with Crippen LogP contribution in [0.5, 0.6) is 0 Å². The number of rotatable bonds is 2. The Bertz CT molecular complexity index is 488. The third kappa shape index (κ3) is 3.02. The zero-order chi connectivity index (χ0) is 11.8. The first kappa shape index (κ1) is 14.1. The summed E-state index contributed by atoms with van der Waals surface area (Å²) in [6.45, 7) is 6.54. The van der Waals surface area contributed by atoms with Crippen molar-refractivity contribution in [1.29, 1.82) is 0 Å². The summed E-state index contributed by atoms with van der Waals surface area (Å²) >= 11 is 1.50. The van der Waals surface area contributed by atoms with Gasteiger partial charge in [-0.3, -0.25) is 0 Å². The molecule has 0 unspecified atom stereocenters. The molecular weight excluding hydrogens is 260 g/mol. The highest BCUT2D eigenvalue weighted by Gasteiger charge is 2.22. The second-order valence-corrected chi connectivity index (χ2v) is 5.45. The Hall–Kier alpha value is -0.980. The lowest BCUT2D eigenvalue weighted by molar-refractivity contribution is 0.401. The van der Waals surface area contributed by atoms with Crippen molar-refractivity contribution in [2.75, 3.05) is 0 Å². The van der Waals surface area contributed by atoms with Gasteiger partial charge in [0.2, 0.25) is 0 Å². The molecule has 0 aliphatic carbocycles. The summed E-state index contributed by atoms with van der Waals surface area (Å²) in [5.74, 6) is 1.14. The Morgan fingerprint density at radius 1 is 1.35 bits per heavy atom.